The summed E-state index contributed by atoms with van der Waals surface area (Å²) in [4.78, 5) is 2.59. The molecule has 0 bridgehead atoms. The maximum Gasteiger partial charge on any atom is 0.106 e. The Hall–Kier alpha value is -0.810. The summed E-state index contributed by atoms with van der Waals surface area (Å²) in [6.07, 6.45) is -2.85. The fourth-order valence-corrected chi connectivity index (χ4v) is 1.48. The van der Waals surface area contributed by atoms with Crippen molar-refractivity contribution in [3.8, 4) is 0 Å². The molecule has 1 heterocycles. The highest BCUT2D eigenvalue weighted by Gasteiger charge is 2.39. The number of hydrogen-bond acceptors (Lipinski definition) is 4. The lowest BCUT2D eigenvalue weighted by atomic mass is 9.95. The van der Waals surface area contributed by atoms with Crippen LogP contribution in [0.5, 0.6) is 0 Å². The van der Waals surface area contributed by atoms with E-state index in [9.17, 15) is 10.2 Å². The Morgan fingerprint density at radius 1 is 1.23 bits per heavy atom. The third kappa shape index (κ3) is 1.92. The van der Waals surface area contributed by atoms with E-state index in [1.807, 2.05) is 0 Å². The molecule has 0 aliphatic carbocycles. The molecule has 5 atom stereocenters. The molecule has 0 aromatic rings. The molecular weight excluding hydrogens is 174 g/mol. The number of azide groups is 1. The molecule has 6 heteroatoms. The van der Waals surface area contributed by atoms with Crippen molar-refractivity contribution >= 4 is 0 Å². The Bertz CT molecular complexity index is 229. The summed E-state index contributed by atoms with van der Waals surface area (Å²) < 4.78 is 5.26. The number of hydrogen-bond donors (Lipinski definition) is 2. The van der Waals surface area contributed by atoms with E-state index in [1.165, 1.54) is 0 Å². The van der Waals surface area contributed by atoms with Crippen LogP contribution in [0.2, 0.25) is 0 Å². The van der Waals surface area contributed by atoms with Crippen molar-refractivity contribution in [3.63, 3.8) is 0 Å². The van der Waals surface area contributed by atoms with Crippen LogP contribution in [0.25, 0.3) is 10.4 Å². The van der Waals surface area contributed by atoms with Gasteiger partial charge in [0, 0.05) is 4.91 Å². The van der Waals surface area contributed by atoms with E-state index in [1.54, 1.807) is 13.8 Å². The molecule has 0 radical (unpaired) electrons. The molecule has 0 saturated carbocycles. The lowest BCUT2D eigenvalue weighted by molar-refractivity contribution is -0.166. The largest absolute Gasteiger partial charge is 0.390 e. The summed E-state index contributed by atoms with van der Waals surface area (Å²) in [5.74, 6) is 0. The second kappa shape index (κ2) is 3.93. The van der Waals surface area contributed by atoms with Gasteiger partial charge in [0.05, 0.1) is 24.4 Å². The fourth-order valence-electron chi connectivity index (χ4n) is 1.48. The molecule has 74 valence electrons. The highest BCUT2D eigenvalue weighted by atomic mass is 16.5. The molecule has 3 unspecified atom stereocenters. The van der Waals surface area contributed by atoms with Crippen molar-refractivity contribution in [1.82, 2.24) is 0 Å². The van der Waals surface area contributed by atoms with Gasteiger partial charge in [0.25, 0.3) is 0 Å². The van der Waals surface area contributed by atoms with Gasteiger partial charge in [0.2, 0.25) is 0 Å². The molecule has 13 heavy (non-hydrogen) atoms. The van der Waals surface area contributed by atoms with Gasteiger partial charge in [-0.3, -0.25) is 0 Å². The Labute approximate surface area is 75.8 Å². The van der Waals surface area contributed by atoms with Crippen molar-refractivity contribution in [3.05, 3.63) is 10.4 Å². The van der Waals surface area contributed by atoms with Crippen LogP contribution in [0.4, 0.5) is 0 Å². The molecule has 1 aliphatic heterocycles. The molecule has 0 aromatic carbocycles. The topological polar surface area (TPSA) is 98.5 Å². The Kier molecular flexibility index (Phi) is 3.11. The molecule has 1 rings (SSSR count). The van der Waals surface area contributed by atoms with Crippen molar-refractivity contribution < 1.29 is 14.9 Å². The van der Waals surface area contributed by atoms with E-state index in [4.69, 9.17) is 10.3 Å². The van der Waals surface area contributed by atoms with Crippen molar-refractivity contribution in [1.29, 1.82) is 0 Å². The third-order valence-corrected chi connectivity index (χ3v) is 2.28. The molecule has 6 nitrogen and oxygen atoms in total. The zero-order valence-corrected chi connectivity index (χ0v) is 7.53. The summed E-state index contributed by atoms with van der Waals surface area (Å²) >= 11 is 0. The van der Waals surface area contributed by atoms with E-state index >= 15 is 0 Å². The van der Waals surface area contributed by atoms with E-state index in [-0.39, 0.29) is 6.10 Å². The molecule has 1 aliphatic rings. The minimum absolute atomic E-state index is 0.371. The van der Waals surface area contributed by atoms with Gasteiger partial charge in [0.15, 0.2) is 0 Å². The molecule has 1 saturated heterocycles. The Balaban J connectivity index is 2.78. The second-order valence-corrected chi connectivity index (χ2v) is 3.22. The number of aliphatic hydroxyl groups is 2. The predicted octanol–water partition coefficient (Wildman–Crippen LogP) is 0.194. The van der Waals surface area contributed by atoms with E-state index in [2.05, 4.69) is 10.0 Å². The van der Waals surface area contributed by atoms with Gasteiger partial charge in [0.1, 0.15) is 6.10 Å². The van der Waals surface area contributed by atoms with Gasteiger partial charge >= 0.3 is 0 Å². The van der Waals surface area contributed by atoms with Gasteiger partial charge < -0.3 is 14.9 Å². The van der Waals surface area contributed by atoms with E-state index < -0.39 is 24.4 Å². The van der Waals surface area contributed by atoms with E-state index in [0.717, 1.165) is 0 Å². The highest BCUT2D eigenvalue weighted by Crippen LogP contribution is 2.22. The number of rotatable bonds is 1. The van der Waals surface area contributed by atoms with Crippen LogP contribution in [0, 0.1) is 0 Å². The first-order chi connectivity index (χ1) is 6.07. The quantitative estimate of drug-likeness (QED) is 0.348. The first-order valence-corrected chi connectivity index (χ1v) is 4.13. The standard InChI is InChI=1S/C7H13N3O3/c1-3-5(9-10-8)7(12)6(11)4(2)13-3/h3-7,11-12H,1-2H3/t3?,4?,5?,6-,7-/m1/s1. The van der Waals surface area contributed by atoms with Crippen LogP contribution in [-0.4, -0.2) is 40.7 Å². The summed E-state index contributed by atoms with van der Waals surface area (Å²) in [5.41, 5.74) is 8.22. The maximum absolute atomic E-state index is 9.51. The molecule has 1 fully saturated rings. The van der Waals surface area contributed by atoms with Crippen LogP contribution in [-0.2, 0) is 4.74 Å². The second-order valence-electron chi connectivity index (χ2n) is 3.22. The highest BCUT2D eigenvalue weighted by molar-refractivity contribution is 4.93. The monoisotopic (exact) mass is 187 g/mol. The molecule has 0 amide bonds. The molecule has 0 spiro atoms. The van der Waals surface area contributed by atoms with Crippen molar-refractivity contribution in [2.75, 3.05) is 0 Å². The van der Waals surface area contributed by atoms with Crippen LogP contribution in [0.1, 0.15) is 13.8 Å². The lowest BCUT2D eigenvalue weighted by Gasteiger charge is -2.38. The maximum atomic E-state index is 9.51. The predicted molar refractivity (Wildman–Crippen MR) is 45.0 cm³/mol. The zero-order chi connectivity index (χ0) is 10.0. The Morgan fingerprint density at radius 3 is 2.38 bits per heavy atom. The minimum atomic E-state index is -1.05. The summed E-state index contributed by atoms with van der Waals surface area (Å²) in [5, 5.41) is 22.3. The van der Waals surface area contributed by atoms with Gasteiger partial charge in [-0.2, -0.15) is 0 Å². The number of nitrogens with zero attached hydrogens (tertiary/aromatic N) is 3. The van der Waals surface area contributed by atoms with Crippen LogP contribution >= 0.6 is 0 Å². The summed E-state index contributed by atoms with van der Waals surface area (Å²) in [7, 11) is 0. The van der Waals surface area contributed by atoms with Gasteiger partial charge in [-0.25, -0.2) is 0 Å². The molecular formula is C7H13N3O3. The average molecular weight is 187 g/mol. The van der Waals surface area contributed by atoms with Gasteiger partial charge in [-0.1, -0.05) is 5.11 Å². The smallest absolute Gasteiger partial charge is 0.106 e. The lowest BCUT2D eigenvalue weighted by Crippen LogP contribution is -2.54. The number of aliphatic hydroxyl groups excluding tert-OH is 2. The fraction of sp³-hybridized carbons (Fsp3) is 1.00. The van der Waals surface area contributed by atoms with E-state index in [0.29, 0.717) is 0 Å². The number of ether oxygens (including phenoxy) is 1. The molecule has 2 N–H and O–H groups in total. The first kappa shape index (κ1) is 10.3. The van der Waals surface area contributed by atoms with Crippen LogP contribution in [0.3, 0.4) is 0 Å². The normalized spacial score (nSPS) is 45.4. The molecule has 0 aromatic heterocycles. The average Bonchev–Trinajstić information content (AvgIpc) is 2.09. The van der Waals surface area contributed by atoms with Crippen molar-refractivity contribution in [2.24, 2.45) is 5.11 Å². The SMILES string of the molecule is CC1OC(C)[C@@H](O)[C@H](O)C1N=[N+]=[N-]. The Morgan fingerprint density at radius 2 is 1.85 bits per heavy atom. The summed E-state index contributed by atoms with van der Waals surface area (Å²) in [6.45, 7) is 3.36. The van der Waals surface area contributed by atoms with Crippen LogP contribution in [0.15, 0.2) is 5.11 Å². The summed E-state index contributed by atoms with van der Waals surface area (Å²) in [6, 6.07) is -0.712. The zero-order valence-electron chi connectivity index (χ0n) is 7.53. The third-order valence-electron chi connectivity index (χ3n) is 2.28. The van der Waals surface area contributed by atoms with Crippen molar-refractivity contribution in [2.45, 2.75) is 44.3 Å². The van der Waals surface area contributed by atoms with Gasteiger partial charge in [-0.15, -0.1) is 0 Å². The van der Waals surface area contributed by atoms with Crippen LogP contribution < -0.4 is 0 Å². The minimum Gasteiger partial charge on any atom is -0.390 e. The first-order valence-electron chi connectivity index (χ1n) is 4.13. The van der Waals surface area contributed by atoms with Gasteiger partial charge in [-0.05, 0) is 19.4 Å².